The Morgan fingerprint density at radius 1 is 1.38 bits per heavy atom. The molecule has 1 aromatic carbocycles. The largest absolute Gasteiger partial charge is 0.396 e. The highest BCUT2D eigenvalue weighted by atomic mass is 35.5. The standard InChI is InChI=1S/C12H14ClNO2/c13-11-5-2-10(3-6-11)4-7-12(16)14-8-1-9-15/h2-7,15H,1,8-9H2,(H,14,16). The van der Waals surface area contributed by atoms with Gasteiger partial charge in [0.1, 0.15) is 0 Å². The molecule has 0 aliphatic rings. The van der Waals surface area contributed by atoms with Gasteiger partial charge in [0, 0.05) is 24.3 Å². The van der Waals surface area contributed by atoms with Gasteiger partial charge in [-0.1, -0.05) is 23.7 Å². The summed E-state index contributed by atoms with van der Waals surface area (Å²) in [5.74, 6) is -0.164. The summed E-state index contributed by atoms with van der Waals surface area (Å²) in [6.45, 7) is 0.571. The van der Waals surface area contributed by atoms with E-state index < -0.39 is 0 Å². The van der Waals surface area contributed by atoms with E-state index >= 15 is 0 Å². The molecule has 3 nitrogen and oxygen atoms in total. The number of aliphatic hydroxyl groups is 1. The first kappa shape index (κ1) is 12.7. The summed E-state index contributed by atoms with van der Waals surface area (Å²) in [5, 5.41) is 11.9. The molecule has 0 radical (unpaired) electrons. The van der Waals surface area contributed by atoms with Crippen molar-refractivity contribution in [3.63, 3.8) is 0 Å². The lowest BCUT2D eigenvalue weighted by atomic mass is 10.2. The van der Waals surface area contributed by atoms with Gasteiger partial charge in [0.2, 0.25) is 5.91 Å². The molecule has 0 heterocycles. The second-order valence-corrected chi connectivity index (χ2v) is 3.69. The number of aliphatic hydroxyl groups excluding tert-OH is 1. The maximum absolute atomic E-state index is 11.3. The molecule has 16 heavy (non-hydrogen) atoms. The zero-order valence-corrected chi connectivity index (χ0v) is 9.57. The Hall–Kier alpha value is -1.32. The van der Waals surface area contributed by atoms with Gasteiger partial charge in [0.05, 0.1) is 0 Å². The van der Waals surface area contributed by atoms with Crippen LogP contribution in [0, 0.1) is 0 Å². The molecule has 0 atom stereocenters. The van der Waals surface area contributed by atoms with Gasteiger partial charge >= 0.3 is 0 Å². The number of rotatable bonds is 5. The SMILES string of the molecule is O=C(C=Cc1ccc(Cl)cc1)NCCCO. The lowest BCUT2D eigenvalue weighted by Gasteiger charge is -1.99. The molecular weight excluding hydrogens is 226 g/mol. The number of amides is 1. The van der Waals surface area contributed by atoms with Crippen molar-refractivity contribution in [2.45, 2.75) is 6.42 Å². The predicted molar refractivity (Wildman–Crippen MR) is 65.2 cm³/mol. The molecule has 0 fully saturated rings. The summed E-state index contributed by atoms with van der Waals surface area (Å²) in [4.78, 5) is 11.3. The summed E-state index contributed by atoms with van der Waals surface area (Å²) in [7, 11) is 0. The van der Waals surface area contributed by atoms with Gasteiger partial charge in [-0.15, -0.1) is 0 Å². The molecular formula is C12H14ClNO2. The Balaban J connectivity index is 2.41. The van der Waals surface area contributed by atoms with Crippen LogP contribution in [0.2, 0.25) is 5.02 Å². The number of halogens is 1. The quantitative estimate of drug-likeness (QED) is 0.609. The van der Waals surface area contributed by atoms with E-state index in [0.717, 1.165) is 5.56 Å². The van der Waals surface area contributed by atoms with Gasteiger partial charge in [0.15, 0.2) is 0 Å². The summed E-state index contributed by atoms with van der Waals surface area (Å²) in [6, 6.07) is 7.20. The maximum Gasteiger partial charge on any atom is 0.244 e. The van der Waals surface area contributed by atoms with E-state index in [9.17, 15) is 4.79 Å². The Bertz CT molecular complexity index is 360. The van der Waals surface area contributed by atoms with Crippen molar-refractivity contribution >= 4 is 23.6 Å². The summed E-state index contributed by atoms with van der Waals surface area (Å²) < 4.78 is 0. The van der Waals surface area contributed by atoms with E-state index in [-0.39, 0.29) is 12.5 Å². The van der Waals surface area contributed by atoms with Crippen molar-refractivity contribution in [1.82, 2.24) is 5.32 Å². The molecule has 1 rings (SSSR count). The minimum Gasteiger partial charge on any atom is -0.396 e. The van der Waals surface area contributed by atoms with E-state index in [1.807, 2.05) is 12.1 Å². The Morgan fingerprint density at radius 3 is 2.69 bits per heavy atom. The van der Waals surface area contributed by atoms with E-state index in [0.29, 0.717) is 18.0 Å². The van der Waals surface area contributed by atoms with Crippen LogP contribution in [-0.2, 0) is 4.79 Å². The van der Waals surface area contributed by atoms with Crippen molar-refractivity contribution in [2.75, 3.05) is 13.2 Å². The van der Waals surface area contributed by atoms with E-state index in [1.165, 1.54) is 6.08 Å². The highest BCUT2D eigenvalue weighted by molar-refractivity contribution is 6.30. The minimum atomic E-state index is -0.164. The molecule has 0 aliphatic carbocycles. The van der Waals surface area contributed by atoms with E-state index in [2.05, 4.69) is 5.32 Å². The molecule has 0 aromatic heterocycles. The normalized spacial score (nSPS) is 10.6. The third kappa shape index (κ3) is 4.96. The Labute approximate surface area is 99.7 Å². The second kappa shape index (κ2) is 7.04. The molecule has 1 amide bonds. The number of benzene rings is 1. The maximum atomic E-state index is 11.3. The van der Waals surface area contributed by atoms with Gasteiger partial charge in [0.25, 0.3) is 0 Å². The molecule has 86 valence electrons. The van der Waals surface area contributed by atoms with Crippen molar-refractivity contribution < 1.29 is 9.90 Å². The highest BCUT2D eigenvalue weighted by Gasteiger charge is 1.94. The van der Waals surface area contributed by atoms with Crippen molar-refractivity contribution in [1.29, 1.82) is 0 Å². The number of nitrogens with one attached hydrogen (secondary N) is 1. The lowest BCUT2D eigenvalue weighted by molar-refractivity contribution is -0.116. The average Bonchev–Trinajstić information content (AvgIpc) is 2.29. The topological polar surface area (TPSA) is 49.3 Å². The van der Waals surface area contributed by atoms with Gasteiger partial charge in [-0.25, -0.2) is 0 Å². The van der Waals surface area contributed by atoms with E-state index in [4.69, 9.17) is 16.7 Å². The molecule has 0 unspecified atom stereocenters. The lowest BCUT2D eigenvalue weighted by Crippen LogP contribution is -2.22. The Kier molecular flexibility index (Phi) is 5.61. The fraction of sp³-hybridized carbons (Fsp3) is 0.250. The molecule has 0 saturated heterocycles. The third-order valence-electron chi connectivity index (χ3n) is 1.93. The smallest absolute Gasteiger partial charge is 0.244 e. The first-order valence-corrected chi connectivity index (χ1v) is 5.42. The summed E-state index contributed by atoms with van der Waals surface area (Å²) in [6.07, 6.45) is 3.74. The number of hydrogen-bond acceptors (Lipinski definition) is 2. The number of carbonyl (C=O) groups is 1. The Morgan fingerprint density at radius 2 is 2.06 bits per heavy atom. The zero-order chi connectivity index (χ0) is 11.8. The number of hydrogen-bond donors (Lipinski definition) is 2. The van der Waals surface area contributed by atoms with Gasteiger partial charge in [-0.05, 0) is 30.2 Å². The first-order chi connectivity index (χ1) is 7.72. The molecule has 0 aliphatic heterocycles. The van der Waals surface area contributed by atoms with Gasteiger partial charge in [-0.2, -0.15) is 0 Å². The molecule has 0 saturated carbocycles. The predicted octanol–water partition coefficient (Wildman–Crippen LogP) is 1.85. The fourth-order valence-corrected chi connectivity index (χ4v) is 1.22. The second-order valence-electron chi connectivity index (χ2n) is 3.25. The minimum absolute atomic E-state index is 0.0845. The van der Waals surface area contributed by atoms with Crippen molar-refractivity contribution in [3.05, 3.63) is 40.9 Å². The zero-order valence-electron chi connectivity index (χ0n) is 8.82. The highest BCUT2D eigenvalue weighted by Crippen LogP contribution is 2.10. The van der Waals surface area contributed by atoms with E-state index in [1.54, 1.807) is 18.2 Å². The average molecular weight is 240 g/mol. The summed E-state index contributed by atoms with van der Waals surface area (Å²) in [5.41, 5.74) is 0.918. The monoisotopic (exact) mass is 239 g/mol. The van der Waals surface area contributed by atoms with Gasteiger partial charge < -0.3 is 10.4 Å². The van der Waals surface area contributed by atoms with Crippen LogP contribution in [0.3, 0.4) is 0 Å². The molecule has 0 bridgehead atoms. The molecule has 1 aromatic rings. The first-order valence-electron chi connectivity index (χ1n) is 5.04. The van der Waals surface area contributed by atoms with Crippen LogP contribution in [0.25, 0.3) is 6.08 Å². The van der Waals surface area contributed by atoms with Crippen molar-refractivity contribution in [3.8, 4) is 0 Å². The van der Waals surface area contributed by atoms with Crippen LogP contribution in [0.5, 0.6) is 0 Å². The molecule has 0 spiro atoms. The van der Waals surface area contributed by atoms with Crippen LogP contribution in [-0.4, -0.2) is 24.2 Å². The van der Waals surface area contributed by atoms with Gasteiger partial charge in [-0.3, -0.25) is 4.79 Å². The number of carbonyl (C=O) groups excluding carboxylic acids is 1. The van der Waals surface area contributed by atoms with Crippen LogP contribution in [0.15, 0.2) is 30.3 Å². The van der Waals surface area contributed by atoms with Crippen LogP contribution >= 0.6 is 11.6 Å². The molecule has 4 heteroatoms. The van der Waals surface area contributed by atoms with Crippen LogP contribution in [0.4, 0.5) is 0 Å². The van der Waals surface area contributed by atoms with Crippen LogP contribution < -0.4 is 5.32 Å². The summed E-state index contributed by atoms with van der Waals surface area (Å²) >= 11 is 5.73. The van der Waals surface area contributed by atoms with Crippen molar-refractivity contribution in [2.24, 2.45) is 0 Å². The molecule has 2 N–H and O–H groups in total. The van der Waals surface area contributed by atoms with Crippen LogP contribution in [0.1, 0.15) is 12.0 Å². The third-order valence-corrected chi connectivity index (χ3v) is 2.18. The fourth-order valence-electron chi connectivity index (χ4n) is 1.10.